The Bertz CT molecular complexity index is 515. The molecule has 1 aliphatic rings. The molecule has 0 aromatic heterocycles. The van der Waals surface area contributed by atoms with Gasteiger partial charge in [0.2, 0.25) is 0 Å². The van der Waals surface area contributed by atoms with Crippen LogP contribution >= 0.6 is 24.0 Å². The van der Waals surface area contributed by atoms with Crippen LogP contribution in [0, 0.1) is 6.92 Å². The first-order valence-corrected chi connectivity index (χ1v) is 9.58. The van der Waals surface area contributed by atoms with E-state index in [1.54, 1.807) is 0 Å². The van der Waals surface area contributed by atoms with Crippen LogP contribution in [0.1, 0.15) is 37.8 Å². The van der Waals surface area contributed by atoms with Gasteiger partial charge in [-0.15, -0.1) is 24.0 Å². The van der Waals surface area contributed by atoms with E-state index in [0.29, 0.717) is 12.6 Å². The maximum absolute atomic E-state index is 5.44. The van der Waals surface area contributed by atoms with Crippen molar-refractivity contribution in [1.29, 1.82) is 0 Å². The van der Waals surface area contributed by atoms with Crippen molar-refractivity contribution in [3.63, 3.8) is 0 Å². The van der Waals surface area contributed by atoms with Gasteiger partial charge in [-0.1, -0.05) is 43.2 Å². The Labute approximate surface area is 176 Å². The number of aliphatic imine (C=N–C) groups is 1. The third kappa shape index (κ3) is 8.68. The predicted octanol–water partition coefficient (Wildman–Crippen LogP) is 3.17. The molecule has 0 bridgehead atoms. The summed E-state index contributed by atoms with van der Waals surface area (Å²) in [4.78, 5) is 7.24. The molecule has 2 N–H and O–H groups in total. The lowest BCUT2D eigenvalue weighted by molar-refractivity contribution is 0.0211. The zero-order valence-corrected chi connectivity index (χ0v) is 18.8. The molecule has 0 saturated carbocycles. The van der Waals surface area contributed by atoms with Crippen molar-refractivity contribution in [3.05, 3.63) is 35.4 Å². The van der Waals surface area contributed by atoms with E-state index in [-0.39, 0.29) is 24.0 Å². The Kier molecular flexibility index (Phi) is 11.9. The van der Waals surface area contributed by atoms with Crippen molar-refractivity contribution >= 4 is 29.9 Å². The minimum Gasteiger partial charge on any atom is -0.379 e. The molecule has 1 heterocycles. The third-order valence-corrected chi connectivity index (χ3v) is 4.60. The van der Waals surface area contributed by atoms with Gasteiger partial charge in [-0.3, -0.25) is 4.90 Å². The van der Waals surface area contributed by atoms with Gasteiger partial charge in [-0.05, 0) is 25.8 Å². The fraction of sp³-hybridized carbons (Fsp3) is 0.650. The molecule has 0 aliphatic carbocycles. The van der Waals surface area contributed by atoms with Crippen molar-refractivity contribution in [2.75, 3.05) is 39.4 Å². The second-order valence-electron chi connectivity index (χ2n) is 6.81. The van der Waals surface area contributed by atoms with Gasteiger partial charge >= 0.3 is 0 Å². The van der Waals surface area contributed by atoms with Gasteiger partial charge in [0, 0.05) is 32.2 Å². The highest BCUT2D eigenvalue weighted by Crippen LogP contribution is 2.05. The fourth-order valence-electron chi connectivity index (χ4n) is 2.81. The van der Waals surface area contributed by atoms with E-state index in [1.807, 2.05) is 0 Å². The van der Waals surface area contributed by atoms with Crippen LogP contribution in [0.2, 0.25) is 0 Å². The summed E-state index contributed by atoms with van der Waals surface area (Å²) in [7, 11) is 0. The molecule has 1 aliphatic heterocycles. The lowest BCUT2D eigenvalue weighted by Gasteiger charge is -2.32. The molecule has 2 rings (SSSR count). The van der Waals surface area contributed by atoms with E-state index in [2.05, 4.69) is 60.6 Å². The smallest absolute Gasteiger partial charge is 0.191 e. The number of aryl methyl sites for hydroxylation is 1. The van der Waals surface area contributed by atoms with Gasteiger partial charge in [-0.25, -0.2) is 4.99 Å². The molecule has 1 aromatic carbocycles. The molecule has 5 nitrogen and oxygen atoms in total. The number of morpholine rings is 1. The SMILES string of the molecule is CCCCNC(=NCc1ccc(C)cc1)NCC(C)N1CCOCC1.I. The van der Waals surface area contributed by atoms with Crippen LogP contribution in [0.3, 0.4) is 0 Å². The summed E-state index contributed by atoms with van der Waals surface area (Å²) < 4.78 is 5.44. The first-order valence-electron chi connectivity index (χ1n) is 9.58. The zero-order valence-electron chi connectivity index (χ0n) is 16.5. The van der Waals surface area contributed by atoms with Crippen molar-refractivity contribution in [3.8, 4) is 0 Å². The van der Waals surface area contributed by atoms with E-state index in [4.69, 9.17) is 9.73 Å². The normalized spacial score (nSPS) is 16.7. The molecule has 0 radical (unpaired) electrons. The Morgan fingerprint density at radius 2 is 1.88 bits per heavy atom. The number of ether oxygens (including phenoxy) is 1. The van der Waals surface area contributed by atoms with Gasteiger partial charge in [0.1, 0.15) is 0 Å². The highest BCUT2D eigenvalue weighted by Gasteiger charge is 2.16. The molecule has 1 fully saturated rings. The minimum absolute atomic E-state index is 0. The monoisotopic (exact) mass is 474 g/mol. The summed E-state index contributed by atoms with van der Waals surface area (Å²) in [5.74, 6) is 0.911. The number of halogens is 1. The molecule has 26 heavy (non-hydrogen) atoms. The van der Waals surface area contributed by atoms with Crippen molar-refractivity contribution in [2.24, 2.45) is 4.99 Å². The first kappa shape index (κ1) is 23.2. The molecule has 0 amide bonds. The highest BCUT2D eigenvalue weighted by molar-refractivity contribution is 14.0. The topological polar surface area (TPSA) is 48.9 Å². The Morgan fingerprint density at radius 1 is 1.19 bits per heavy atom. The number of rotatable bonds is 8. The number of nitrogens with zero attached hydrogens (tertiary/aromatic N) is 2. The third-order valence-electron chi connectivity index (χ3n) is 4.60. The molecule has 1 unspecified atom stereocenters. The number of hydrogen-bond acceptors (Lipinski definition) is 3. The summed E-state index contributed by atoms with van der Waals surface area (Å²) in [5, 5.41) is 6.97. The summed E-state index contributed by atoms with van der Waals surface area (Å²) >= 11 is 0. The quantitative estimate of drug-likeness (QED) is 0.263. The Balaban J connectivity index is 0.00000338. The molecule has 6 heteroatoms. The molecule has 0 spiro atoms. The molecular weight excluding hydrogens is 439 g/mol. The van der Waals surface area contributed by atoms with Gasteiger partial charge in [-0.2, -0.15) is 0 Å². The summed E-state index contributed by atoms with van der Waals surface area (Å²) in [6.07, 6.45) is 2.34. The Hall–Kier alpha value is -0.860. The average molecular weight is 474 g/mol. The summed E-state index contributed by atoms with van der Waals surface area (Å²) in [5.41, 5.74) is 2.52. The van der Waals surface area contributed by atoms with Crippen LogP contribution in [0.4, 0.5) is 0 Å². The van der Waals surface area contributed by atoms with Crippen molar-refractivity contribution in [2.45, 2.75) is 46.2 Å². The first-order chi connectivity index (χ1) is 12.2. The molecular formula is C20H35IN4O. The molecule has 1 aromatic rings. The molecule has 1 atom stereocenters. The highest BCUT2D eigenvalue weighted by atomic mass is 127. The van der Waals surface area contributed by atoms with Gasteiger partial charge in [0.25, 0.3) is 0 Å². The number of benzene rings is 1. The van der Waals surface area contributed by atoms with Crippen LogP contribution in [-0.4, -0.2) is 56.3 Å². The van der Waals surface area contributed by atoms with E-state index < -0.39 is 0 Å². The van der Waals surface area contributed by atoms with Gasteiger partial charge < -0.3 is 15.4 Å². The van der Waals surface area contributed by atoms with Crippen molar-refractivity contribution < 1.29 is 4.74 Å². The van der Waals surface area contributed by atoms with Gasteiger partial charge in [0.05, 0.1) is 19.8 Å². The van der Waals surface area contributed by atoms with E-state index in [1.165, 1.54) is 17.5 Å². The number of nitrogens with one attached hydrogen (secondary N) is 2. The predicted molar refractivity (Wildman–Crippen MR) is 121 cm³/mol. The van der Waals surface area contributed by atoms with Crippen LogP contribution in [-0.2, 0) is 11.3 Å². The van der Waals surface area contributed by atoms with Crippen LogP contribution < -0.4 is 10.6 Å². The fourth-order valence-corrected chi connectivity index (χ4v) is 2.81. The minimum atomic E-state index is 0. The molecule has 148 valence electrons. The zero-order chi connectivity index (χ0) is 17.9. The number of hydrogen-bond donors (Lipinski definition) is 2. The average Bonchev–Trinajstić information content (AvgIpc) is 2.65. The molecule has 1 saturated heterocycles. The number of unbranched alkanes of at least 4 members (excludes halogenated alkanes) is 1. The van der Waals surface area contributed by atoms with Crippen molar-refractivity contribution in [1.82, 2.24) is 15.5 Å². The van der Waals surface area contributed by atoms with Crippen LogP contribution in [0.5, 0.6) is 0 Å². The van der Waals surface area contributed by atoms with E-state index in [9.17, 15) is 0 Å². The lowest BCUT2D eigenvalue weighted by Crippen LogP contribution is -2.49. The van der Waals surface area contributed by atoms with E-state index >= 15 is 0 Å². The lowest BCUT2D eigenvalue weighted by atomic mass is 10.1. The largest absolute Gasteiger partial charge is 0.379 e. The second kappa shape index (κ2) is 13.3. The summed E-state index contributed by atoms with van der Waals surface area (Å²) in [6, 6.07) is 9.06. The Morgan fingerprint density at radius 3 is 2.54 bits per heavy atom. The standard InChI is InChI=1S/C20H34N4O.HI/c1-4-5-10-21-20(23-16-19-8-6-17(2)7-9-19)22-15-18(3)24-11-13-25-14-12-24;/h6-9,18H,4-5,10-16H2,1-3H3,(H2,21,22,23);1H. The maximum Gasteiger partial charge on any atom is 0.191 e. The van der Waals surface area contributed by atoms with E-state index in [0.717, 1.165) is 51.8 Å². The maximum atomic E-state index is 5.44. The summed E-state index contributed by atoms with van der Waals surface area (Å²) in [6.45, 7) is 12.9. The number of guanidine groups is 1. The second-order valence-corrected chi connectivity index (χ2v) is 6.81. The van der Waals surface area contributed by atoms with Crippen LogP contribution in [0.15, 0.2) is 29.3 Å². The van der Waals surface area contributed by atoms with Crippen LogP contribution in [0.25, 0.3) is 0 Å². The van der Waals surface area contributed by atoms with Gasteiger partial charge in [0.15, 0.2) is 5.96 Å².